The van der Waals surface area contributed by atoms with E-state index in [1.54, 1.807) is 13.0 Å². The van der Waals surface area contributed by atoms with Gasteiger partial charge in [-0.05, 0) is 47.5 Å². The molecule has 3 amide bonds. The Hall–Kier alpha value is -1.89. The normalized spacial score (nSPS) is 18.4. The molecule has 112 valence electrons. The third kappa shape index (κ3) is 3.60. The van der Waals surface area contributed by atoms with Crippen molar-refractivity contribution in [2.45, 2.75) is 19.9 Å². The molecule has 0 spiro atoms. The SMILES string of the molecule is Cc1ccc(OCC(=O)N2CC(=O)NC(=O)C2C)c(Br)c1. The quantitative estimate of drug-likeness (QED) is 0.822. The minimum Gasteiger partial charge on any atom is -0.483 e. The van der Waals surface area contributed by atoms with Gasteiger partial charge < -0.3 is 9.64 Å². The summed E-state index contributed by atoms with van der Waals surface area (Å²) in [6.45, 7) is 3.15. The number of benzene rings is 1. The van der Waals surface area contributed by atoms with Crippen LogP contribution in [0.1, 0.15) is 12.5 Å². The fraction of sp³-hybridized carbons (Fsp3) is 0.357. The average Bonchev–Trinajstić information content (AvgIpc) is 2.41. The van der Waals surface area contributed by atoms with E-state index in [9.17, 15) is 14.4 Å². The van der Waals surface area contributed by atoms with Crippen LogP contribution in [0.2, 0.25) is 0 Å². The first-order valence-electron chi connectivity index (χ1n) is 6.40. The maximum Gasteiger partial charge on any atom is 0.261 e. The second-order valence-electron chi connectivity index (χ2n) is 4.83. The van der Waals surface area contributed by atoms with Gasteiger partial charge in [0.15, 0.2) is 6.61 Å². The summed E-state index contributed by atoms with van der Waals surface area (Å²) in [6.07, 6.45) is 0. The first-order chi connectivity index (χ1) is 9.88. The molecule has 1 heterocycles. The third-order valence-electron chi connectivity index (χ3n) is 3.18. The number of ether oxygens (including phenoxy) is 1. The molecule has 1 N–H and O–H groups in total. The van der Waals surface area contributed by atoms with Gasteiger partial charge in [0.05, 0.1) is 4.47 Å². The predicted octanol–water partition coefficient (Wildman–Crippen LogP) is 1.01. The van der Waals surface area contributed by atoms with Crippen LogP contribution in [0.25, 0.3) is 0 Å². The van der Waals surface area contributed by atoms with Crippen LogP contribution < -0.4 is 10.1 Å². The van der Waals surface area contributed by atoms with Gasteiger partial charge in [-0.25, -0.2) is 0 Å². The second kappa shape index (κ2) is 6.26. The molecule has 1 atom stereocenters. The van der Waals surface area contributed by atoms with E-state index in [1.807, 2.05) is 19.1 Å². The lowest BCUT2D eigenvalue weighted by Crippen LogP contribution is -2.59. The molecule has 0 aliphatic carbocycles. The summed E-state index contributed by atoms with van der Waals surface area (Å²) in [7, 11) is 0. The number of imide groups is 1. The van der Waals surface area contributed by atoms with Gasteiger partial charge >= 0.3 is 0 Å². The van der Waals surface area contributed by atoms with Gasteiger partial charge in [-0.15, -0.1) is 0 Å². The molecule has 6 nitrogen and oxygen atoms in total. The van der Waals surface area contributed by atoms with Crippen molar-refractivity contribution in [1.29, 1.82) is 0 Å². The molecule has 1 aliphatic heterocycles. The summed E-state index contributed by atoms with van der Waals surface area (Å²) in [6, 6.07) is 4.82. The largest absolute Gasteiger partial charge is 0.483 e. The highest BCUT2D eigenvalue weighted by atomic mass is 79.9. The highest BCUT2D eigenvalue weighted by Crippen LogP contribution is 2.25. The zero-order valence-corrected chi connectivity index (χ0v) is 13.3. The van der Waals surface area contributed by atoms with Gasteiger partial charge in [0.25, 0.3) is 5.91 Å². The van der Waals surface area contributed by atoms with E-state index in [0.717, 1.165) is 10.0 Å². The van der Waals surface area contributed by atoms with Crippen molar-refractivity contribution in [2.24, 2.45) is 0 Å². The number of carbonyl (C=O) groups excluding carboxylic acids is 3. The molecule has 0 radical (unpaired) electrons. The Balaban J connectivity index is 2.01. The molecule has 1 aliphatic rings. The summed E-state index contributed by atoms with van der Waals surface area (Å²) in [5.74, 6) is -0.827. The molecular formula is C14H15BrN2O4. The van der Waals surface area contributed by atoms with E-state index >= 15 is 0 Å². The molecule has 2 rings (SSSR count). The van der Waals surface area contributed by atoms with Crippen molar-refractivity contribution in [2.75, 3.05) is 13.2 Å². The number of halogens is 1. The fourth-order valence-electron chi connectivity index (χ4n) is 1.96. The topological polar surface area (TPSA) is 75.7 Å². The van der Waals surface area contributed by atoms with Gasteiger partial charge in [0.1, 0.15) is 18.3 Å². The summed E-state index contributed by atoms with van der Waals surface area (Å²) in [4.78, 5) is 36.2. The molecule has 1 unspecified atom stereocenters. The smallest absolute Gasteiger partial charge is 0.261 e. The molecule has 1 aromatic carbocycles. The van der Waals surface area contributed by atoms with E-state index < -0.39 is 23.8 Å². The molecule has 1 fully saturated rings. The molecule has 7 heteroatoms. The van der Waals surface area contributed by atoms with Gasteiger partial charge in [-0.1, -0.05) is 6.07 Å². The minimum absolute atomic E-state index is 0.135. The summed E-state index contributed by atoms with van der Waals surface area (Å²) in [5.41, 5.74) is 1.06. The zero-order valence-electron chi connectivity index (χ0n) is 11.7. The molecule has 0 saturated carbocycles. The highest BCUT2D eigenvalue weighted by molar-refractivity contribution is 9.10. The summed E-state index contributed by atoms with van der Waals surface area (Å²) >= 11 is 3.36. The van der Waals surface area contributed by atoms with Crippen LogP contribution >= 0.6 is 15.9 Å². The van der Waals surface area contributed by atoms with Crippen LogP contribution in [0, 0.1) is 6.92 Å². The van der Waals surface area contributed by atoms with Crippen LogP contribution in [-0.2, 0) is 14.4 Å². The van der Waals surface area contributed by atoms with Crippen molar-refractivity contribution in [3.05, 3.63) is 28.2 Å². The first-order valence-corrected chi connectivity index (χ1v) is 7.20. The Bertz CT molecular complexity index is 603. The molecular weight excluding hydrogens is 340 g/mol. The Kier molecular flexibility index (Phi) is 4.62. The summed E-state index contributed by atoms with van der Waals surface area (Å²) in [5, 5.41) is 2.18. The fourth-order valence-corrected chi connectivity index (χ4v) is 2.57. The van der Waals surface area contributed by atoms with Crippen LogP contribution in [0.5, 0.6) is 5.75 Å². The van der Waals surface area contributed by atoms with E-state index in [-0.39, 0.29) is 13.2 Å². The van der Waals surface area contributed by atoms with Crippen LogP contribution in [0.3, 0.4) is 0 Å². The van der Waals surface area contributed by atoms with E-state index in [4.69, 9.17) is 4.74 Å². The van der Waals surface area contributed by atoms with Crippen molar-refractivity contribution in [3.63, 3.8) is 0 Å². The van der Waals surface area contributed by atoms with Gasteiger partial charge in [-0.2, -0.15) is 0 Å². The maximum atomic E-state index is 12.1. The molecule has 0 bridgehead atoms. The lowest BCUT2D eigenvalue weighted by molar-refractivity contribution is -0.150. The molecule has 1 aromatic rings. The number of rotatable bonds is 3. The Morgan fingerprint density at radius 2 is 2.19 bits per heavy atom. The third-order valence-corrected chi connectivity index (χ3v) is 3.80. The second-order valence-corrected chi connectivity index (χ2v) is 5.69. The van der Waals surface area contributed by atoms with Gasteiger partial charge in [-0.3, -0.25) is 19.7 Å². The molecule has 21 heavy (non-hydrogen) atoms. The number of piperazine rings is 1. The number of aryl methyl sites for hydroxylation is 1. The molecule has 1 saturated heterocycles. The average molecular weight is 355 g/mol. The lowest BCUT2D eigenvalue weighted by Gasteiger charge is -2.31. The zero-order chi connectivity index (χ0) is 15.6. The molecule has 0 aromatic heterocycles. The number of hydrogen-bond acceptors (Lipinski definition) is 4. The van der Waals surface area contributed by atoms with Crippen molar-refractivity contribution in [1.82, 2.24) is 10.2 Å². The van der Waals surface area contributed by atoms with Crippen LogP contribution in [-0.4, -0.2) is 41.8 Å². The monoisotopic (exact) mass is 354 g/mol. The van der Waals surface area contributed by atoms with Crippen LogP contribution in [0.15, 0.2) is 22.7 Å². The standard InChI is InChI=1S/C14H15BrN2O4/c1-8-3-4-11(10(15)5-8)21-7-13(19)17-6-12(18)16-14(20)9(17)2/h3-5,9H,6-7H2,1-2H3,(H,16,18,20). The maximum absolute atomic E-state index is 12.1. The Morgan fingerprint density at radius 3 is 2.86 bits per heavy atom. The number of carbonyl (C=O) groups is 3. The number of nitrogens with one attached hydrogen (secondary N) is 1. The lowest BCUT2D eigenvalue weighted by atomic mass is 10.2. The Labute approximate surface area is 130 Å². The van der Waals surface area contributed by atoms with Crippen molar-refractivity contribution in [3.8, 4) is 5.75 Å². The minimum atomic E-state index is -0.680. The van der Waals surface area contributed by atoms with E-state index in [1.165, 1.54) is 4.90 Å². The van der Waals surface area contributed by atoms with Gasteiger partial charge in [0.2, 0.25) is 11.8 Å². The highest BCUT2D eigenvalue weighted by Gasteiger charge is 2.33. The number of hydrogen-bond donors (Lipinski definition) is 1. The number of nitrogens with zero attached hydrogens (tertiary/aromatic N) is 1. The first kappa shape index (κ1) is 15.5. The Morgan fingerprint density at radius 1 is 1.48 bits per heavy atom. The predicted molar refractivity (Wildman–Crippen MR) is 78.7 cm³/mol. The van der Waals surface area contributed by atoms with Crippen LogP contribution in [0.4, 0.5) is 0 Å². The van der Waals surface area contributed by atoms with Gasteiger partial charge in [0, 0.05) is 0 Å². The summed E-state index contributed by atoms with van der Waals surface area (Å²) < 4.78 is 6.19. The number of amides is 3. The van der Waals surface area contributed by atoms with E-state index in [2.05, 4.69) is 21.2 Å². The van der Waals surface area contributed by atoms with Crippen molar-refractivity contribution < 1.29 is 19.1 Å². The van der Waals surface area contributed by atoms with Crippen molar-refractivity contribution >= 4 is 33.7 Å². The van der Waals surface area contributed by atoms with E-state index in [0.29, 0.717) is 5.75 Å².